The van der Waals surface area contributed by atoms with Crippen LogP contribution >= 0.6 is 31.9 Å². The first-order chi connectivity index (χ1) is 9.94. The summed E-state index contributed by atoms with van der Waals surface area (Å²) in [5.74, 6) is 0. The molecule has 0 aliphatic carbocycles. The molecule has 0 aromatic heterocycles. The van der Waals surface area contributed by atoms with Crippen LogP contribution in [0.5, 0.6) is 0 Å². The molecule has 0 aliphatic rings. The lowest BCUT2D eigenvalue weighted by molar-refractivity contribution is 0.259. The molecular formula is C14H13Br2NO3S. The molecule has 2 aromatic carbocycles. The van der Waals surface area contributed by atoms with Gasteiger partial charge in [-0.1, -0.05) is 46.3 Å². The summed E-state index contributed by atoms with van der Waals surface area (Å²) >= 11 is 6.49. The van der Waals surface area contributed by atoms with Gasteiger partial charge in [0.2, 0.25) is 10.0 Å². The van der Waals surface area contributed by atoms with Crippen LogP contribution in [-0.2, 0) is 10.0 Å². The average Bonchev–Trinajstić information content (AvgIpc) is 2.48. The summed E-state index contributed by atoms with van der Waals surface area (Å²) in [7, 11) is -3.76. The van der Waals surface area contributed by atoms with Crippen LogP contribution in [0.1, 0.15) is 11.6 Å². The van der Waals surface area contributed by atoms with Crippen molar-refractivity contribution in [3.63, 3.8) is 0 Å². The van der Waals surface area contributed by atoms with Crippen molar-refractivity contribution in [1.82, 2.24) is 4.72 Å². The van der Waals surface area contributed by atoms with E-state index in [1.807, 2.05) is 6.07 Å². The maximum absolute atomic E-state index is 12.5. The van der Waals surface area contributed by atoms with E-state index in [4.69, 9.17) is 0 Å². The van der Waals surface area contributed by atoms with E-state index in [0.717, 1.165) is 0 Å². The number of nitrogens with one attached hydrogen (secondary N) is 1. The number of hydrogen-bond donors (Lipinski definition) is 2. The predicted octanol–water partition coefficient (Wildman–Crippen LogP) is 3.22. The molecule has 0 unspecified atom stereocenters. The minimum atomic E-state index is -3.76. The predicted molar refractivity (Wildman–Crippen MR) is 88.4 cm³/mol. The summed E-state index contributed by atoms with van der Waals surface area (Å²) in [5, 5.41) is 9.47. The van der Waals surface area contributed by atoms with Gasteiger partial charge in [0, 0.05) is 8.95 Å². The Morgan fingerprint density at radius 1 is 1.10 bits per heavy atom. The highest BCUT2D eigenvalue weighted by atomic mass is 79.9. The first kappa shape index (κ1) is 16.6. The van der Waals surface area contributed by atoms with Gasteiger partial charge in [-0.05, 0) is 39.7 Å². The number of rotatable bonds is 5. The topological polar surface area (TPSA) is 66.4 Å². The van der Waals surface area contributed by atoms with Crippen LogP contribution in [0, 0.1) is 0 Å². The Balaban J connectivity index is 2.34. The molecule has 1 atom stereocenters. The Hall–Kier alpha value is -0.730. The number of hydrogen-bond acceptors (Lipinski definition) is 3. The maximum Gasteiger partial charge on any atom is 0.242 e. The van der Waals surface area contributed by atoms with Crippen molar-refractivity contribution in [3.8, 4) is 0 Å². The van der Waals surface area contributed by atoms with Crippen LogP contribution in [0.15, 0.2) is 62.4 Å². The minimum absolute atomic E-state index is 0.117. The quantitative estimate of drug-likeness (QED) is 0.759. The fraction of sp³-hybridized carbons (Fsp3) is 0.143. The van der Waals surface area contributed by atoms with Crippen LogP contribution in [0.4, 0.5) is 0 Å². The summed E-state index contributed by atoms with van der Waals surface area (Å²) in [6.45, 7) is -0.325. The molecule has 4 nitrogen and oxygen atoms in total. The highest BCUT2D eigenvalue weighted by Gasteiger charge is 2.23. The van der Waals surface area contributed by atoms with E-state index in [-0.39, 0.29) is 11.5 Å². The molecule has 0 bridgehead atoms. The van der Waals surface area contributed by atoms with Crippen molar-refractivity contribution >= 4 is 41.9 Å². The van der Waals surface area contributed by atoms with E-state index in [2.05, 4.69) is 36.6 Å². The molecule has 0 amide bonds. The molecule has 0 heterocycles. The summed E-state index contributed by atoms with van der Waals surface area (Å²) < 4.78 is 28.6. The van der Waals surface area contributed by atoms with Crippen LogP contribution in [0.2, 0.25) is 0 Å². The summed E-state index contributed by atoms with van der Waals surface area (Å²) in [5.41, 5.74) is 0.703. The van der Waals surface area contributed by atoms with Crippen molar-refractivity contribution in [2.75, 3.05) is 6.61 Å². The molecule has 7 heteroatoms. The molecule has 2 N–H and O–H groups in total. The van der Waals surface area contributed by atoms with Crippen LogP contribution in [0.3, 0.4) is 0 Å². The standard InChI is InChI=1S/C14H13Br2NO3S/c15-11-6-7-12(16)14(8-11)21(19,20)17-13(9-18)10-4-2-1-3-5-10/h1-8,13,17-18H,9H2/t13-/m1/s1. The van der Waals surface area contributed by atoms with Gasteiger partial charge in [0.25, 0.3) is 0 Å². The molecule has 21 heavy (non-hydrogen) atoms. The van der Waals surface area contributed by atoms with E-state index in [9.17, 15) is 13.5 Å². The molecule has 2 aromatic rings. The zero-order valence-corrected chi connectivity index (χ0v) is 14.8. The van der Waals surface area contributed by atoms with Gasteiger partial charge >= 0.3 is 0 Å². The lowest BCUT2D eigenvalue weighted by Crippen LogP contribution is -2.31. The van der Waals surface area contributed by atoms with Gasteiger partial charge in [-0.25, -0.2) is 13.1 Å². The molecule has 0 radical (unpaired) electrons. The van der Waals surface area contributed by atoms with Gasteiger partial charge < -0.3 is 5.11 Å². The van der Waals surface area contributed by atoms with Crippen molar-refractivity contribution in [2.24, 2.45) is 0 Å². The van der Waals surface area contributed by atoms with Crippen molar-refractivity contribution in [2.45, 2.75) is 10.9 Å². The van der Waals surface area contributed by atoms with E-state index in [1.165, 1.54) is 6.07 Å². The Morgan fingerprint density at radius 2 is 1.76 bits per heavy atom. The van der Waals surface area contributed by atoms with Gasteiger partial charge in [-0.2, -0.15) is 0 Å². The third kappa shape index (κ3) is 4.14. The first-order valence-electron chi connectivity index (χ1n) is 6.07. The van der Waals surface area contributed by atoms with Crippen molar-refractivity contribution in [1.29, 1.82) is 0 Å². The zero-order valence-electron chi connectivity index (χ0n) is 10.8. The molecule has 0 saturated carbocycles. The Morgan fingerprint density at radius 3 is 2.38 bits per heavy atom. The lowest BCUT2D eigenvalue weighted by Gasteiger charge is -2.17. The van der Waals surface area contributed by atoms with Crippen LogP contribution < -0.4 is 4.72 Å². The van der Waals surface area contributed by atoms with E-state index < -0.39 is 16.1 Å². The molecule has 0 spiro atoms. The number of halogens is 2. The van der Waals surface area contributed by atoms with E-state index >= 15 is 0 Å². The molecule has 0 aliphatic heterocycles. The summed E-state index contributed by atoms with van der Waals surface area (Å²) in [4.78, 5) is 0.117. The average molecular weight is 435 g/mol. The second kappa shape index (κ2) is 7.02. The Bertz CT molecular complexity index is 720. The highest BCUT2D eigenvalue weighted by Crippen LogP contribution is 2.27. The van der Waals surface area contributed by atoms with Gasteiger partial charge in [-0.15, -0.1) is 0 Å². The van der Waals surface area contributed by atoms with Gasteiger partial charge in [0.1, 0.15) is 0 Å². The lowest BCUT2D eigenvalue weighted by atomic mass is 10.1. The molecule has 0 fully saturated rings. The number of aliphatic hydroxyl groups excluding tert-OH is 1. The maximum atomic E-state index is 12.5. The SMILES string of the molecule is O=S(=O)(N[C@H](CO)c1ccccc1)c1cc(Br)ccc1Br. The van der Waals surface area contributed by atoms with Crippen molar-refractivity contribution in [3.05, 3.63) is 63.0 Å². The largest absolute Gasteiger partial charge is 0.394 e. The fourth-order valence-corrected chi connectivity index (χ4v) is 4.55. The monoisotopic (exact) mass is 433 g/mol. The molecule has 0 saturated heterocycles. The second-order valence-corrected chi connectivity index (χ2v) is 7.79. The fourth-order valence-electron chi connectivity index (χ4n) is 1.83. The molecule has 112 valence electrons. The highest BCUT2D eigenvalue weighted by molar-refractivity contribution is 9.11. The summed E-state index contributed by atoms with van der Waals surface area (Å²) in [6.07, 6.45) is 0. The van der Waals surface area contributed by atoms with Crippen molar-refractivity contribution < 1.29 is 13.5 Å². The first-order valence-corrected chi connectivity index (χ1v) is 9.14. The van der Waals surface area contributed by atoms with Crippen LogP contribution in [0.25, 0.3) is 0 Å². The van der Waals surface area contributed by atoms with Crippen LogP contribution in [-0.4, -0.2) is 20.1 Å². The number of aliphatic hydroxyl groups is 1. The molecular weight excluding hydrogens is 422 g/mol. The van der Waals surface area contributed by atoms with E-state index in [0.29, 0.717) is 14.5 Å². The molecule has 2 rings (SSSR count). The van der Waals surface area contributed by atoms with Gasteiger partial charge in [-0.3, -0.25) is 0 Å². The van der Waals surface area contributed by atoms with Gasteiger partial charge in [0.05, 0.1) is 17.5 Å². The number of benzene rings is 2. The Kier molecular flexibility index (Phi) is 5.56. The third-order valence-electron chi connectivity index (χ3n) is 2.86. The normalized spacial score (nSPS) is 13.1. The minimum Gasteiger partial charge on any atom is -0.394 e. The Labute approximate surface area is 140 Å². The van der Waals surface area contributed by atoms with E-state index in [1.54, 1.807) is 36.4 Å². The van der Waals surface area contributed by atoms with Gasteiger partial charge in [0.15, 0.2) is 0 Å². The zero-order chi connectivity index (χ0) is 15.5. The smallest absolute Gasteiger partial charge is 0.242 e. The third-order valence-corrected chi connectivity index (χ3v) is 5.82. The second-order valence-electron chi connectivity index (χ2n) is 4.34. The number of sulfonamides is 1. The summed E-state index contributed by atoms with van der Waals surface area (Å²) in [6, 6.07) is 13.1.